The third-order valence-corrected chi connectivity index (χ3v) is 3.30. The Kier molecular flexibility index (Phi) is 10.6. The number of carboxylic acid groups (broad SMARTS) is 1. The minimum Gasteiger partial charge on any atom is -0.493 e. The van der Waals surface area contributed by atoms with Crippen molar-refractivity contribution in [1.82, 2.24) is 0 Å². The average Bonchev–Trinajstić information content (AvgIpc) is 2.59. The van der Waals surface area contributed by atoms with E-state index in [9.17, 15) is 4.79 Å². The number of hydrogen-bond acceptors (Lipinski definition) is 7. The summed E-state index contributed by atoms with van der Waals surface area (Å²) in [5.74, 6) is 0.102. The predicted molar refractivity (Wildman–Crippen MR) is 91.2 cm³/mol. The molecule has 0 aliphatic carbocycles. The minimum absolute atomic E-state index is 0.149. The van der Waals surface area contributed by atoms with Crippen molar-refractivity contribution >= 4 is 5.97 Å². The molecule has 0 aliphatic rings. The topological polar surface area (TPSA) is 109 Å². The Morgan fingerprint density at radius 1 is 1.04 bits per heavy atom. The second-order valence-corrected chi connectivity index (χ2v) is 5.18. The molecule has 0 aromatic heterocycles. The fourth-order valence-electron chi connectivity index (χ4n) is 2.01. The van der Waals surface area contributed by atoms with E-state index in [1.54, 1.807) is 25.3 Å². The van der Waals surface area contributed by atoms with Gasteiger partial charge in [-0.25, -0.2) is 0 Å². The highest BCUT2D eigenvalue weighted by Crippen LogP contribution is 2.30. The van der Waals surface area contributed by atoms with Gasteiger partial charge in [0.1, 0.15) is 6.61 Å². The van der Waals surface area contributed by atoms with Crippen LogP contribution in [0.2, 0.25) is 0 Å². The molecule has 3 N–H and O–H groups in total. The molecule has 8 nitrogen and oxygen atoms in total. The van der Waals surface area contributed by atoms with Crippen LogP contribution in [0.25, 0.3) is 0 Å². The van der Waals surface area contributed by atoms with Crippen molar-refractivity contribution < 1.29 is 33.6 Å². The van der Waals surface area contributed by atoms with Crippen molar-refractivity contribution in [3.05, 3.63) is 23.8 Å². The molecule has 0 spiro atoms. The molecule has 8 heteroatoms. The van der Waals surface area contributed by atoms with Crippen molar-refractivity contribution in [1.29, 1.82) is 0 Å². The quantitative estimate of drug-likeness (QED) is 0.479. The van der Waals surface area contributed by atoms with Crippen LogP contribution in [0.1, 0.15) is 18.0 Å². The number of aliphatic carboxylic acids is 1. The molecule has 0 saturated carbocycles. The molecule has 1 rings (SSSR count). The van der Waals surface area contributed by atoms with Crippen LogP contribution in [0, 0.1) is 0 Å². The van der Waals surface area contributed by atoms with Crippen molar-refractivity contribution in [2.75, 3.05) is 53.9 Å². The van der Waals surface area contributed by atoms with E-state index in [0.717, 1.165) is 0 Å². The summed E-state index contributed by atoms with van der Waals surface area (Å²) >= 11 is 0. The lowest BCUT2D eigenvalue weighted by Gasteiger charge is -2.15. The van der Waals surface area contributed by atoms with Gasteiger partial charge in [-0.1, -0.05) is 6.07 Å². The molecule has 1 aromatic carbocycles. The fourth-order valence-corrected chi connectivity index (χ4v) is 2.01. The SMILES string of the molecule is COCCOCCOCCOc1ccc(C(N)CC(=O)O)cc1OC. The van der Waals surface area contributed by atoms with Crippen LogP contribution in [-0.4, -0.2) is 64.9 Å². The molecule has 0 aliphatic heterocycles. The summed E-state index contributed by atoms with van der Waals surface area (Å²) in [6.45, 7) is 2.86. The second-order valence-electron chi connectivity index (χ2n) is 5.18. The number of carbonyl (C=O) groups is 1. The van der Waals surface area contributed by atoms with Crippen LogP contribution in [-0.2, 0) is 19.0 Å². The zero-order valence-electron chi connectivity index (χ0n) is 14.7. The van der Waals surface area contributed by atoms with Crippen molar-refractivity contribution in [3.8, 4) is 11.5 Å². The maximum Gasteiger partial charge on any atom is 0.305 e. The highest BCUT2D eigenvalue weighted by Gasteiger charge is 2.14. The first kappa shape index (κ1) is 21.2. The maximum atomic E-state index is 10.7. The number of methoxy groups -OCH3 is 2. The first-order chi connectivity index (χ1) is 12.1. The van der Waals surface area contributed by atoms with Gasteiger partial charge in [0.05, 0.1) is 46.6 Å². The summed E-state index contributed by atoms with van der Waals surface area (Å²) in [6.07, 6.45) is -0.149. The Balaban J connectivity index is 2.34. The number of nitrogens with two attached hydrogens (primary N) is 1. The van der Waals surface area contributed by atoms with Crippen molar-refractivity contribution in [2.24, 2.45) is 5.73 Å². The molecule has 1 atom stereocenters. The van der Waals surface area contributed by atoms with E-state index >= 15 is 0 Å². The van der Waals surface area contributed by atoms with Gasteiger partial charge in [-0.2, -0.15) is 0 Å². The Morgan fingerprint density at radius 2 is 1.68 bits per heavy atom. The second kappa shape index (κ2) is 12.5. The largest absolute Gasteiger partial charge is 0.493 e. The first-order valence-electron chi connectivity index (χ1n) is 8.01. The van der Waals surface area contributed by atoms with Gasteiger partial charge in [0.2, 0.25) is 0 Å². The minimum atomic E-state index is -0.949. The van der Waals surface area contributed by atoms with E-state index in [1.165, 1.54) is 7.11 Å². The maximum absolute atomic E-state index is 10.7. The zero-order valence-corrected chi connectivity index (χ0v) is 14.7. The third kappa shape index (κ3) is 8.69. The highest BCUT2D eigenvalue weighted by atomic mass is 16.6. The van der Waals surface area contributed by atoms with Gasteiger partial charge in [0, 0.05) is 13.2 Å². The monoisotopic (exact) mass is 357 g/mol. The van der Waals surface area contributed by atoms with E-state index in [4.69, 9.17) is 34.5 Å². The van der Waals surface area contributed by atoms with Gasteiger partial charge >= 0.3 is 5.97 Å². The lowest BCUT2D eigenvalue weighted by atomic mass is 10.0. The Morgan fingerprint density at radius 3 is 2.28 bits per heavy atom. The average molecular weight is 357 g/mol. The Bertz CT molecular complexity index is 510. The third-order valence-electron chi connectivity index (χ3n) is 3.30. The van der Waals surface area contributed by atoms with Gasteiger partial charge in [-0.3, -0.25) is 4.79 Å². The molecule has 0 amide bonds. The van der Waals surface area contributed by atoms with E-state index < -0.39 is 12.0 Å². The van der Waals surface area contributed by atoms with Crippen LogP contribution in [0.3, 0.4) is 0 Å². The smallest absolute Gasteiger partial charge is 0.305 e. The lowest BCUT2D eigenvalue weighted by molar-refractivity contribution is -0.137. The molecule has 0 saturated heterocycles. The standard InChI is InChI=1S/C17H27NO7/c1-21-5-6-23-7-8-24-9-10-25-15-4-3-13(11-16(15)22-2)14(18)12-17(19)20/h3-4,11,14H,5-10,12,18H2,1-2H3,(H,19,20). The summed E-state index contributed by atoms with van der Waals surface area (Å²) in [7, 11) is 3.14. The summed E-state index contributed by atoms with van der Waals surface area (Å²) in [5, 5.41) is 8.81. The van der Waals surface area contributed by atoms with E-state index in [0.29, 0.717) is 56.7 Å². The fraction of sp³-hybridized carbons (Fsp3) is 0.588. The highest BCUT2D eigenvalue weighted by molar-refractivity contribution is 5.68. The van der Waals surface area contributed by atoms with Gasteiger partial charge < -0.3 is 34.5 Å². The molecule has 0 radical (unpaired) electrons. The number of benzene rings is 1. The van der Waals surface area contributed by atoms with Crippen molar-refractivity contribution in [3.63, 3.8) is 0 Å². The van der Waals surface area contributed by atoms with Gasteiger partial charge in [-0.15, -0.1) is 0 Å². The van der Waals surface area contributed by atoms with Crippen LogP contribution in [0.5, 0.6) is 11.5 Å². The molecule has 0 heterocycles. The Hall–Kier alpha value is -1.87. The summed E-state index contributed by atoms with van der Waals surface area (Å²) in [5.41, 5.74) is 6.53. The predicted octanol–water partition coefficient (Wildman–Crippen LogP) is 1.23. The number of carboxylic acids is 1. The summed E-state index contributed by atoms with van der Waals surface area (Å²) < 4.78 is 26.4. The van der Waals surface area contributed by atoms with Crippen LogP contribution < -0.4 is 15.2 Å². The molecule has 25 heavy (non-hydrogen) atoms. The summed E-state index contributed by atoms with van der Waals surface area (Å²) in [4.78, 5) is 10.7. The normalized spacial score (nSPS) is 12.0. The summed E-state index contributed by atoms with van der Waals surface area (Å²) in [6, 6.07) is 4.54. The van der Waals surface area contributed by atoms with E-state index in [-0.39, 0.29) is 6.42 Å². The zero-order chi connectivity index (χ0) is 18.5. The van der Waals surface area contributed by atoms with Gasteiger partial charge in [0.15, 0.2) is 11.5 Å². The molecule has 0 fully saturated rings. The molecule has 1 aromatic rings. The van der Waals surface area contributed by atoms with Gasteiger partial charge in [-0.05, 0) is 17.7 Å². The number of ether oxygens (including phenoxy) is 5. The molecule has 0 bridgehead atoms. The first-order valence-corrected chi connectivity index (χ1v) is 8.01. The molecule has 1 unspecified atom stereocenters. The molecular weight excluding hydrogens is 330 g/mol. The van der Waals surface area contributed by atoms with Crippen LogP contribution in [0.4, 0.5) is 0 Å². The lowest BCUT2D eigenvalue weighted by Crippen LogP contribution is -2.15. The number of hydrogen-bond donors (Lipinski definition) is 2. The van der Waals surface area contributed by atoms with Crippen LogP contribution >= 0.6 is 0 Å². The Labute approximate surface area is 147 Å². The van der Waals surface area contributed by atoms with Crippen molar-refractivity contribution in [2.45, 2.75) is 12.5 Å². The van der Waals surface area contributed by atoms with E-state index in [1.807, 2.05) is 0 Å². The molecular formula is C17H27NO7. The van der Waals surface area contributed by atoms with Gasteiger partial charge in [0.25, 0.3) is 0 Å². The molecule has 142 valence electrons. The van der Waals surface area contributed by atoms with Crippen LogP contribution in [0.15, 0.2) is 18.2 Å². The van der Waals surface area contributed by atoms with E-state index in [2.05, 4.69) is 0 Å². The number of rotatable bonds is 14.